The number of aliphatic imine (C=N–C) groups is 1. The van der Waals surface area contributed by atoms with Crippen LogP contribution in [0.4, 0.5) is 0 Å². The van der Waals surface area contributed by atoms with Crippen molar-refractivity contribution in [3.63, 3.8) is 0 Å². The highest BCUT2D eigenvalue weighted by Gasteiger charge is 2.12. The third-order valence-corrected chi connectivity index (χ3v) is 1.76. The monoisotopic (exact) mass is 221 g/mol. The first-order valence-electron chi connectivity index (χ1n) is 5.24. The van der Waals surface area contributed by atoms with E-state index in [4.69, 9.17) is 9.47 Å². The number of nitrogens with zero attached hydrogens (tertiary/aromatic N) is 1. The van der Waals surface area contributed by atoms with Gasteiger partial charge in [0.2, 0.25) is 12.9 Å². The van der Waals surface area contributed by atoms with E-state index in [1.54, 1.807) is 6.07 Å². The number of isocyanates is 1. The highest BCUT2D eigenvalue weighted by atomic mass is 16.7. The predicted molar refractivity (Wildman–Crippen MR) is 60.4 cm³/mol. The van der Waals surface area contributed by atoms with Gasteiger partial charge in [0, 0.05) is 0 Å². The zero-order chi connectivity index (χ0) is 11.8. The molecule has 0 saturated carbocycles. The Morgan fingerprint density at radius 2 is 2.00 bits per heavy atom. The molecule has 0 spiro atoms. The van der Waals surface area contributed by atoms with Gasteiger partial charge < -0.3 is 9.47 Å². The van der Waals surface area contributed by atoms with E-state index < -0.39 is 0 Å². The summed E-state index contributed by atoms with van der Waals surface area (Å²) in [6, 6.07) is 5.45. The average molecular weight is 221 g/mol. The second kappa shape index (κ2) is 6.64. The Hall–Kier alpha value is -1.80. The summed E-state index contributed by atoms with van der Waals surface area (Å²) in [7, 11) is 0. The van der Waals surface area contributed by atoms with Crippen LogP contribution in [0.3, 0.4) is 0 Å². The van der Waals surface area contributed by atoms with Gasteiger partial charge in [-0.2, -0.15) is 0 Å². The van der Waals surface area contributed by atoms with Gasteiger partial charge in [-0.25, -0.2) is 9.79 Å². The molecule has 1 aliphatic rings. The lowest BCUT2D eigenvalue weighted by Crippen LogP contribution is -1.92. The SMILES string of the molecule is CCC.O=C=NCc1ccc2c(c1)OCO2. The van der Waals surface area contributed by atoms with Crippen molar-refractivity contribution in [3.05, 3.63) is 23.8 Å². The van der Waals surface area contributed by atoms with Crippen LogP contribution in [0.2, 0.25) is 0 Å². The molecule has 0 radical (unpaired) electrons. The Kier molecular flexibility index (Phi) is 5.09. The van der Waals surface area contributed by atoms with Crippen LogP contribution in [-0.2, 0) is 11.3 Å². The molecule has 4 heteroatoms. The number of hydrogen-bond donors (Lipinski definition) is 0. The van der Waals surface area contributed by atoms with Crippen LogP contribution in [-0.4, -0.2) is 12.9 Å². The molecule has 4 nitrogen and oxygen atoms in total. The molecular formula is C12H15NO3. The van der Waals surface area contributed by atoms with Crippen LogP contribution in [0.25, 0.3) is 0 Å². The fourth-order valence-electron chi connectivity index (χ4n) is 1.16. The maximum absolute atomic E-state index is 9.86. The third kappa shape index (κ3) is 3.41. The molecule has 0 fully saturated rings. The first-order valence-corrected chi connectivity index (χ1v) is 5.24. The van der Waals surface area contributed by atoms with Gasteiger partial charge in [-0.05, 0) is 17.7 Å². The van der Waals surface area contributed by atoms with E-state index in [-0.39, 0.29) is 6.79 Å². The Morgan fingerprint density at radius 3 is 2.69 bits per heavy atom. The maximum atomic E-state index is 9.86. The lowest BCUT2D eigenvalue weighted by atomic mass is 10.2. The zero-order valence-electron chi connectivity index (χ0n) is 9.53. The summed E-state index contributed by atoms with van der Waals surface area (Å²) in [6.07, 6.45) is 2.74. The molecule has 2 rings (SSSR count). The van der Waals surface area contributed by atoms with E-state index in [1.165, 1.54) is 12.5 Å². The molecule has 0 bridgehead atoms. The summed E-state index contributed by atoms with van der Waals surface area (Å²) in [6.45, 7) is 4.84. The molecule has 0 atom stereocenters. The normalized spacial score (nSPS) is 11.1. The van der Waals surface area contributed by atoms with Gasteiger partial charge in [-0.3, -0.25) is 0 Å². The predicted octanol–water partition coefficient (Wildman–Crippen LogP) is 2.67. The van der Waals surface area contributed by atoms with E-state index in [0.717, 1.165) is 11.3 Å². The Balaban J connectivity index is 0.000000386. The molecule has 1 heterocycles. The molecule has 0 saturated heterocycles. The van der Waals surface area contributed by atoms with Crippen LogP contribution < -0.4 is 9.47 Å². The first-order chi connectivity index (χ1) is 7.81. The second-order valence-corrected chi connectivity index (χ2v) is 3.30. The highest BCUT2D eigenvalue weighted by molar-refractivity contribution is 5.45. The van der Waals surface area contributed by atoms with Crippen molar-refractivity contribution in [3.8, 4) is 11.5 Å². The number of ether oxygens (including phenoxy) is 2. The minimum Gasteiger partial charge on any atom is -0.454 e. The molecular weight excluding hydrogens is 206 g/mol. The van der Waals surface area contributed by atoms with Crippen LogP contribution in [0.5, 0.6) is 11.5 Å². The molecule has 1 aromatic carbocycles. The van der Waals surface area contributed by atoms with Crippen LogP contribution in [0.1, 0.15) is 25.8 Å². The minimum absolute atomic E-state index is 0.260. The van der Waals surface area contributed by atoms with Gasteiger partial charge in [-0.15, -0.1) is 0 Å². The van der Waals surface area contributed by atoms with Crippen molar-refractivity contribution in [2.45, 2.75) is 26.8 Å². The largest absolute Gasteiger partial charge is 0.454 e. The third-order valence-electron chi connectivity index (χ3n) is 1.76. The van der Waals surface area contributed by atoms with Gasteiger partial charge in [0.15, 0.2) is 11.5 Å². The van der Waals surface area contributed by atoms with Gasteiger partial charge in [0.25, 0.3) is 0 Å². The number of carbonyl (C=O) groups excluding carboxylic acids is 1. The van der Waals surface area contributed by atoms with Crippen molar-refractivity contribution < 1.29 is 14.3 Å². The molecule has 86 valence electrons. The maximum Gasteiger partial charge on any atom is 0.235 e. The number of fused-ring (bicyclic) bond motifs is 1. The van der Waals surface area contributed by atoms with Gasteiger partial charge >= 0.3 is 0 Å². The van der Waals surface area contributed by atoms with E-state index in [1.807, 2.05) is 12.1 Å². The first kappa shape index (κ1) is 12.3. The summed E-state index contributed by atoms with van der Waals surface area (Å²) in [5, 5.41) is 0. The highest BCUT2D eigenvalue weighted by Crippen LogP contribution is 2.32. The Morgan fingerprint density at radius 1 is 1.31 bits per heavy atom. The summed E-state index contributed by atoms with van der Waals surface area (Å²) in [5.41, 5.74) is 0.910. The fourth-order valence-corrected chi connectivity index (χ4v) is 1.16. The molecule has 16 heavy (non-hydrogen) atoms. The molecule has 0 aromatic heterocycles. The van der Waals surface area contributed by atoms with Crippen LogP contribution in [0.15, 0.2) is 23.2 Å². The van der Waals surface area contributed by atoms with Gasteiger partial charge in [-0.1, -0.05) is 26.3 Å². The molecule has 1 aromatic rings. The van der Waals surface area contributed by atoms with Crippen molar-refractivity contribution in [2.75, 3.05) is 6.79 Å². The van der Waals surface area contributed by atoms with Gasteiger partial charge in [0.1, 0.15) is 0 Å². The molecule has 1 aliphatic heterocycles. The van der Waals surface area contributed by atoms with Crippen LogP contribution >= 0.6 is 0 Å². The van der Waals surface area contributed by atoms with E-state index in [9.17, 15) is 4.79 Å². The fraction of sp³-hybridized carbons (Fsp3) is 0.417. The minimum atomic E-state index is 0.260. The lowest BCUT2D eigenvalue weighted by molar-refractivity contribution is 0.174. The smallest absolute Gasteiger partial charge is 0.235 e. The summed E-state index contributed by atoms with van der Waals surface area (Å²) in [4.78, 5) is 13.3. The molecule has 0 N–H and O–H groups in total. The number of rotatable bonds is 2. The summed E-state index contributed by atoms with van der Waals surface area (Å²) < 4.78 is 10.3. The van der Waals surface area contributed by atoms with Crippen molar-refractivity contribution in [1.82, 2.24) is 0 Å². The van der Waals surface area contributed by atoms with Crippen molar-refractivity contribution in [1.29, 1.82) is 0 Å². The quantitative estimate of drug-likeness (QED) is 0.569. The van der Waals surface area contributed by atoms with Gasteiger partial charge in [0.05, 0.1) is 6.54 Å². The standard InChI is InChI=1S/C9H7NO3.C3H8/c11-5-10-4-7-1-2-8-9(3-7)13-6-12-8;1-3-2/h1-3H,4,6H2;3H2,1-2H3. The number of benzene rings is 1. The average Bonchev–Trinajstić information content (AvgIpc) is 2.74. The topological polar surface area (TPSA) is 47.9 Å². The van der Waals surface area contributed by atoms with E-state index in [0.29, 0.717) is 12.3 Å². The zero-order valence-corrected chi connectivity index (χ0v) is 9.53. The number of hydrogen-bond acceptors (Lipinski definition) is 4. The van der Waals surface area contributed by atoms with Crippen LogP contribution in [0, 0.1) is 0 Å². The molecule has 0 aliphatic carbocycles. The van der Waals surface area contributed by atoms with E-state index in [2.05, 4.69) is 18.8 Å². The summed E-state index contributed by atoms with van der Waals surface area (Å²) >= 11 is 0. The lowest BCUT2D eigenvalue weighted by Gasteiger charge is -1.97. The van der Waals surface area contributed by atoms with Crippen molar-refractivity contribution >= 4 is 6.08 Å². The summed E-state index contributed by atoms with van der Waals surface area (Å²) in [5.74, 6) is 1.44. The second-order valence-electron chi connectivity index (χ2n) is 3.30. The Bertz CT molecular complexity index is 384. The molecule has 0 amide bonds. The Labute approximate surface area is 94.9 Å². The molecule has 0 unspecified atom stereocenters. The van der Waals surface area contributed by atoms with E-state index >= 15 is 0 Å². The van der Waals surface area contributed by atoms with Crippen molar-refractivity contribution in [2.24, 2.45) is 4.99 Å².